The number of halogens is 1. The van der Waals surface area contributed by atoms with Gasteiger partial charge in [0.25, 0.3) is 0 Å². The molecule has 86 valence electrons. The molecular formula is C12H14ClNO2. The molecule has 2 rings (SSSR count). The van der Waals surface area contributed by atoms with Crippen molar-refractivity contribution in [2.24, 2.45) is 0 Å². The Kier molecular flexibility index (Phi) is 3.34. The van der Waals surface area contributed by atoms with Gasteiger partial charge in [0, 0.05) is 11.1 Å². The van der Waals surface area contributed by atoms with Crippen molar-refractivity contribution >= 4 is 17.7 Å². The van der Waals surface area contributed by atoms with Crippen molar-refractivity contribution < 1.29 is 9.53 Å². The highest BCUT2D eigenvalue weighted by molar-refractivity contribution is 6.30. The Balaban J connectivity index is 1.97. The summed E-state index contributed by atoms with van der Waals surface area (Å²) in [6, 6.07) is 5.99. The van der Waals surface area contributed by atoms with E-state index < -0.39 is 0 Å². The van der Waals surface area contributed by atoms with Crippen LogP contribution in [0.1, 0.15) is 18.1 Å². The lowest BCUT2D eigenvalue weighted by atomic mass is 10.1. The smallest absolute Gasteiger partial charge is 0.407 e. The minimum absolute atomic E-state index is 0.132. The molecule has 16 heavy (non-hydrogen) atoms. The monoisotopic (exact) mass is 239 g/mol. The third-order valence-electron chi connectivity index (χ3n) is 2.70. The van der Waals surface area contributed by atoms with E-state index in [9.17, 15) is 4.79 Å². The summed E-state index contributed by atoms with van der Waals surface area (Å²) >= 11 is 5.91. The third-order valence-corrected chi connectivity index (χ3v) is 2.93. The number of carbonyl (C=O) groups excluding carboxylic acids is 1. The van der Waals surface area contributed by atoms with Crippen LogP contribution in [0.4, 0.5) is 4.79 Å². The SMILES string of the molecule is CCOC(=O)NC1Cc2ccc(Cl)cc2C1. The number of hydrogen-bond donors (Lipinski definition) is 1. The first-order valence-corrected chi connectivity index (χ1v) is 5.77. The van der Waals surface area contributed by atoms with E-state index in [1.54, 1.807) is 6.92 Å². The summed E-state index contributed by atoms with van der Waals surface area (Å²) in [6.07, 6.45) is 1.34. The number of carbonyl (C=O) groups is 1. The zero-order chi connectivity index (χ0) is 11.5. The van der Waals surface area contributed by atoms with Crippen LogP contribution < -0.4 is 5.32 Å². The number of nitrogens with one attached hydrogen (secondary N) is 1. The van der Waals surface area contributed by atoms with Crippen LogP contribution in [0.5, 0.6) is 0 Å². The number of hydrogen-bond acceptors (Lipinski definition) is 2. The molecule has 1 unspecified atom stereocenters. The third kappa shape index (κ3) is 2.47. The maximum atomic E-state index is 11.3. The second-order valence-corrected chi connectivity index (χ2v) is 4.32. The van der Waals surface area contributed by atoms with Crippen LogP contribution in [0.15, 0.2) is 18.2 Å². The van der Waals surface area contributed by atoms with E-state index >= 15 is 0 Å². The fourth-order valence-corrected chi connectivity index (χ4v) is 2.22. The van der Waals surface area contributed by atoms with Gasteiger partial charge in [-0.25, -0.2) is 4.79 Å². The van der Waals surface area contributed by atoms with Gasteiger partial charge in [-0.1, -0.05) is 17.7 Å². The number of fused-ring (bicyclic) bond motifs is 1. The van der Waals surface area contributed by atoms with Crippen molar-refractivity contribution in [2.75, 3.05) is 6.61 Å². The largest absolute Gasteiger partial charge is 0.450 e. The second kappa shape index (κ2) is 4.74. The molecule has 4 heteroatoms. The Morgan fingerprint density at radius 3 is 3.00 bits per heavy atom. The maximum Gasteiger partial charge on any atom is 0.407 e. The van der Waals surface area contributed by atoms with Crippen LogP contribution in [0.2, 0.25) is 5.02 Å². The molecule has 1 atom stereocenters. The fraction of sp³-hybridized carbons (Fsp3) is 0.417. The molecule has 0 saturated heterocycles. The van der Waals surface area contributed by atoms with Gasteiger partial charge < -0.3 is 10.1 Å². The average Bonchev–Trinajstić information content (AvgIpc) is 2.59. The Labute approximate surface area is 99.7 Å². The molecule has 1 N–H and O–H groups in total. The topological polar surface area (TPSA) is 38.3 Å². The van der Waals surface area contributed by atoms with Crippen LogP contribution in [0, 0.1) is 0 Å². The van der Waals surface area contributed by atoms with Crippen LogP contribution >= 0.6 is 11.6 Å². The number of ether oxygens (including phenoxy) is 1. The van der Waals surface area contributed by atoms with Gasteiger partial charge in [0.2, 0.25) is 0 Å². The molecule has 1 aliphatic rings. The molecule has 0 radical (unpaired) electrons. The highest BCUT2D eigenvalue weighted by atomic mass is 35.5. The van der Waals surface area contributed by atoms with E-state index in [2.05, 4.69) is 5.32 Å². The standard InChI is InChI=1S/C12H14ClNO2/c1-2-16-12(15)14-11-6-8-3-4-10(13)5-9(8)7-11/h3-5,11H,2,6-7H2,1H3,(H,14,15). The molecule has 0 aliphatic heterocycles. The van der Waals surface area contributed by atoms with Gasteiger partial charge in [-0.05, 0) is 43.0 Å². The van der Waals surface area contributed by atoms with Gasteiger partial charge in [-0.15, -0.1) is 0 Å². The predicted octanol–water partition coefficient (Wildman–Crippen LogP) is 2.55. The molecule has 0 bridgehead atoms. The molecule has 0 fully saturated rings. The Hall–Kier alpha value is -1.22. The molecule has 0 aromatic heterocycles. The highest BCUT2D eigenvalue weighted by Gasteiger charge is 2.23. The van der Waals surface area contributed by atoms with Gasteiger partial charge in [0.1, 0.15) is 0 Å². The zero-order valence-corrected chi connectivity index (χ0v) is 9.88. The molecule has 0 saturated carbocycles. The summed E-state index contributed by atoms with van der Waals surface area (Å²) in [6.45, 7) is 2.19. The summed E-state index contributed by atoms with van der Waals surface area (Å²) < 4.78 is 4.85. The number of rotatable bonds is 2. The predicted molar refractivity (Wildman–Crippen MR) is 62.8 cm³/mol. The summed E-state index contributed by atoms with van der Waals surface area (Å²) in [5.74, 6) is 0. The number of benzene rings is 1. The molecule has 1 aromatic rings. The minimum Gasteiger partial charge on any atom is -0.450 e. The van der Waals surface area contributed by atoms with E-state index in [4.69, 9.17) is 16.3 Å². The van der Waals surface area contributed by atoms with E-state index in [1.807, 2.05) is 18.2 Å². The molecule has 1 amide bonds. The molecule has 1 aromatic carbocycles. The van der Waals surface area contributed by atoms with E-state index in [0.717, 1.165) is 17.9 Å². The minimum atomic E-state index is -0.341. The highest BCUT2D eigenvalue weighted by Crippen LogP contribution is 2.25. The summed E-state index contributed by atoms with van der Waals surface area (Å²) in [7, 11) is 0. The number of alkyl carbamates (subject to hydrolysis) is 1. The van der Waals surface area contributed by atoms with Gasteiger partial charge in [-0.2, -0.15) is 0 Å². The van der Waals surface area contributed by atoms with E-state index in [1.165, 1.54) is 11.1 Å². The van der Waals surface area contributed by atoms with E-state index in [0.29, 0.717) is 6.61 Å². The van der Waals surface area contributed by atoms with Crippen LogP contribution in [0.25, 0.3) is 0 Å². The van der Waals surface area contributed by atoms with Crippen molar-refractivity contribution in [1.29, 1.82) is 0 Å². The van der Waals surface area contributed by atoms with Crippen molar-refractivity contribution in [3.63, 3.8) is 0 Å². The first-order valence-electron chi connectivity index (χ1n) is 5.39. The Morgan fingerprint density at radius 1 is 1.50 bits per heavy atom. The quantitative estimate of drug-likeness (QED) is 0.862. The fourth-order valence-electron chi connectivity index (χ4n) is 2.03. The first kappa shape index (κ1) is 11.3. The first-order chi connectivity index (χ1) is 7.69. The number of amides is 1. The second-order valence-electron chi connectivity index (χ2n) is 3.88. The van der Waals surface area contributed by atoms with Crippen LogP contribution in [0.3, 0.4) is 0 Å². The summed E-state index contributed by atoms with van der Waals surface area (Å²) in [4.78, 5) is 11.3. The van der Waals surface area contributed by atoms with Gasteiger partial charge in [0.15, 0.2) is 0 Å². The van der Waals surface area contributed by atoms with Gasteiger partial charge in [-0.3, -0.25) is 0 Å². The molecule has 0 spiro atoms. The van der Waals surface area contributed by atoms with Gasteiger partial charge in [0.05, 0.1) is 6.61 Å². The molecule has 1 aliphatic carbocycles. The van der Waals surface area contributed by atoms with Crippen molar-refractivity contribution in [3.05, 3.63) is 34.3 Å². The molecule has 0 heterocycles. The summed E-state index contributed by atoms with van der Waals surface area (Å²) in [5, 5.41) is 3.59. The lowest BCUT2D eigenvalue weighted by molar-refractivity contribution is 0.148. The van der Waals surface area contributed by atoms with E-state index in [-0.39, 0.29) is 12.1 Å². The normalized spacial score (nSPS) is 18.0. The van der Waals surface area contributed by atoms with Crippen LogP contribution in [-0.2, 0) is 17.6 Å². The Bertz CT molecular complexity index is 406. The van der Waals surface area contributed by atoms with Gasteiger partial charge >= 0.3 is 6.09 Å². The summed E-state index contributed by atoms with van der Waals surface area (Å²) in [5.41, 5.74) is 2.47. The maximum absolute atomic E-state index is 11.3. The van der Waals surface area contributed by atoms with Crippen molar-refractivity contribution in [3.8, 4) is 0 Å². The van der Waals surface area contributed by atoms with Crippen LogP contribution in [-0.4, -0.2) is 18.7 Å². The average molecular weight is 240 g/mol. The van der Waals surface area contributed by atoms with Crippen molar-refractivity contribution in [1.82, 2.24) is 5.32 Å². The molecule has 3 nitrogen and oxygen atoms in total. The zero-order valence-electron chi connectivity index (χ0n) is 9.13. The lowest BCUT2D eigenvalue weighted by Gasteiger charge is -2.11. The van der Waals surface area contributed by atoms with Crippen molar-refractivity contribution in [2.45, 2.75) is 25.8 Å². The lowest BCUT2D eigenvalue weighted by Crippen LogP contribution is -2.35. The molecular weight excluding hydrogens is 226 g/mol. The Morgan fingerprint density at radius 2 is 2.25 bits per heavy atom.